The fraction of sp³-hybridized carbons (Fsp3) is 1.00. The van der Waals surface area contributed by atoms with E-state index in [1.165, 1.54) is 0 Å². The minimum Gasteiger partial charge on any atom is -0.356 e. The molecule has 0 bridgehead atoms. The van der Waals surface area contributed by atoms with Crippen LogP contribution in [0.15, 0.2) is 0 Å². The van der Waals surface area contributed by atoms with Gasteiger partial charge in [-0.1, -0.05) is 13.8 Å². The van der Waals surface area contributed by atoms with Crippen molar-refractivity contribution in [2.24, 2.45) is 0 Å². The molecule has 0 aliphatic heterocycles. The van der Waals surface area contributed by atoms with E-state index in [0.717, 1.165) is 25.9 Å². The number of hydrogen-bond donors (Lipinski definition) is 2. The van der Waals surface area contributed by atoms with Gasteiger partial charge >= 0.3 is 0 Å². The van der Waals surface area contributed by atoms with Gasteiger partial charge in [0.05, 0.1) is 0 Å². The maximum atomic E-state index is 8.76. The van der Waals surface area contributed by atoms with Crippen LogP contribution in [-0.4, -0.2) is 34.6 Å². The second-order valence-corrected chi connectivity index (χ2v) is 2.38. The van der Waals surface area contributed by atoms with Crippen molar-refractivity contribution in [2.75, 3.05) is 13.1 Å². The summed E-state index contributed by atoms with van der Waals surface area (Å²) in [5.41, 5.74) is 0. The zero-order chi connectivity index (χ0) is 7.98. The van der Waals surface area contributed by atoms with Crippen molar-refractivity contribution < 1.29 is 10.2 Å². The van der Waals surface area contributed by atoms with Crippen molar-refractivity contribution in [1.82, 2.24) is 4.90 Å². The standard InChI is InChI=1S/C7H17NO2/c1-3-5-8(6-4-2)7(9)10/h7,9-10H,3-6H2,1-2H3. The predicted octanol–water partition coefficient (Wildman–Crippen LogP) is 0.377. The summed E-state index contributed by atoms with van der Waals surface area (Å²) >= 11 is 0. The molecule has 62 valence electrons. The Morgan fingerprint density at radius 3 is 1.70 bits per heavy atom. The molecule has 2 N–H and O–H groups in total. The lowest BCUT2D eigenvalue weighted by molar-refractivity contribution is -0.154. The average molecular weight is 147 g/mol. The van der Waals surface area contributed by atoms with Crippen molar-refractivity contribution in [1.29, 1.82) is 0 Å². The monoisotopic (exact) mass is 147 g/mol. The highest BCUT2D eigenvalue weighted by Crippen LogP contribution is 1.96. The first-order chi connectivity index (χ1) is 4.72. The number of rotatable bonds is 5. The Balaban J connectivity index is 3.50. The van der Waals surface area contributed by atoms with Gasteiger partial charge in [0.1, 0.15) is 0 Å². The molecule has 3 nitrogen and oxygen atoms in total. The third-order valence-electron chi connectivity index (χ3n) is 1.35. The Bertz CT molecular complexity index is 70.0. The normalized spacial score (nSPS) is 11.4. The highest BCUT2D eigenvalue weighted by atomic mass is 16.5. The average Bonchev–Trinajstić information content (AvgIpc) is 1.87. The van der Waals surface area contributed by atoms with E-state index >= 15 is 0 Å². The van der Waals surface area contributed by atoms with Crippen molar-refractivity contribution in [3.8, 4) is 0 Å². The Morgan fingerprint density at radius 1 is 1.10 bits per heavy atom. The van der Waals surface area contributed by atoms with E-state index in [2.05, 4.69) is 0 Å². The molecule has 3 heteroatoms. The highest BCUT2D eigenvalue weighted by molar-refractivity contribution is 4.51. The molecule has 0 aromatic heterocycles. The molecule has 0 fully saturated rings. The quantitative estimate of drug-likeness (QED) is 0.552. The fourth-order valence-electron chi connectivity index (χ4n) is 0.917. The largest absolute Gasteiger partial charge is 0.356 e. The van der Waals surface area contributed by atoms with E-state index in [-0.39, 0.29) is 0 Å². The lowest BCUT2D eigenvalue weighted by Gasteiger charge is -2.22. The van der Waals surface area contributed by atoms with Crippen molar-refractivity contribution in [2.45, 2.75) is 33.1 Å². The van der Waals surface area contributed by atoms with Gasteiger partial charge in [0.25, 0.3) is 0 Å². The molecule has 0 aliphatic rings. The Labute approximate surface area is 62.3 Å². The van der Waals surface area contributed by atoms with E-state index in [1.54, 1.807) is 4.90 Å². The summed E-state index contributed by atoms with van der Waals surface area (Å²) in [6, 6.07) is 0. The zero-order valence-electron chi connectivity index (χ0n) is 6.75. The smallest absolute Gasteiger partial charge is 0.213 e. The predicted molar refractivity (Wildman–Crippen MR) is 40.4 cm³/mol. The Hall–Kier alpha value is -0.120. The topological polar surface area (TPSA) is 43.7 Å². The van der Waals surface area contributed by atoms with Crippen molar-refractivity contribution in [3.63, 3.8) is 0 Å². The van der Waals surface area contributed by atoms with Crippen LogP contribution in [0, 0.1) is 0 Å². The third-order valence-corrected chi connectivity index (χ3v) is 1.35. The van der Waals surface area contributed by atoms with Gasteiger partial charge in [0.2, 0.25) is 6.41 Å². The molecule has 0 saturated heterocycles. The van der Waals surface area contributed by atoms with E-state index in [1.807, 2.05) is 13.8 Å². The molecule has 0 rings (SSSR count). The van der Waals surface area contributed by atoms with Gasteiger partial charge in [-0.3, -0.25) is 4.90 Å². The Morgan fingerprint density at radius 2 is 1.50 bits per heavy atom. The van der Waals surface area contributed by atoms with Crippen molar-refractivity contribution >= 4 is 0 Å². The summed E-state index contributed by atoms with van der Waals surface area (Å²) in [7, 11) is 0. The zero-order valence-corrected chi connectivity index (χ0v) is 6.75. The summed E-state index contributed by atoms with van der Waals surface area (Å²) in [5.74, 6) is 0. The first-order valence-electron chi connectivity index (χ1n) is 3.82. The summed E-state index contributed by atoms with van der Waals surface area (Å²) in [5, 5.41) is 17.5. The van der Waals surface area contributed by atoms with E-state index in [0.29, 0.717) is 0 Å². The van der Waals surface area contributed by atoms with Gasteiger partial charge in [-0.25, -0.2) is 0 Å². The van der Waals surface area contributed by atoms with Crippen LogP contribution < -0.4 is 0 Å². The van der Waals surface area contributed by atoms with Crippen LogP contribution in [0.25, 0.3) is 0 Å². The maximum Gasteiger partial charge on any atom is 0.213 e. The first-order valence-corrected chi connectivity index (χ1v) is 3.82. The molecular weight excluding hydrogens is 130 g/mol. The second kappa shape index (κ2) is 5.65. The van der Waals surface area contributed by atoms with Gasteiger partial charge in [0.15, 0.2) is 0 Å². The first kappa shape index (κ1) is 9.88. The highest BCUT2D eigenvalue weighted by Gasteiger charge is 2.08. The molecule has 0 radical (unpaired) electrons. The lowest BCUT2D eigenvalue weighted by Crippen LogP contribution is -2.36. The maximum absolute atomic E-state index is 8.76. The molecule has 0 amide bonds. The van der Waals surface area contributed by atoms with E-state index in [4.69, 9.17) is 10.2 Å². The molecule has 0 atom stereocenters. The third kappa shape index (κ3) is 3.82. The summed E-state index contributed by atoms with van der Waals surface area (Å²) in [6.45, 7) is 5.55. The molecule has 0 unspecified atom stereocenters. The van der Waals surface area contributed by atoms with Gasteiger partial charge in [-0.05, 0) is 12.8 Å². The van der Waals surface area contributed by atoms with Gasteiger partial charge in [-0.2, -0.15) is 0 Å². The Kier molecular flexibility index (Phi) is 5.58. The van der Waals surface area contributed by atoms with Crippen LogP contribution >= 0.6 is 0 Å². The van der Waals surface area contributed by atoms with Crippen molar-refractivity contribution in [3.05, 3.63) is 0 Å². The molecule has 10 heavy (non-hydrogen) atoms. The number of hydrogen-bond acceptors (Lipinski definition) is 3. The molecule has 0 aromatic carbocycles. The molecule has 0 spiro atoms. The van der Waals surface area contributed by atoms with Crippen LogP contribution in [0.4, 0.5) is 0 Å². The van der Waals surface area contributed by atoms with Crippen LogP contribution in [0.3, 0.4) is 0 Å². The SMILES string of the molecule is CCCN(CCC)C(O)O. The lowest BCUT2D eigenvalue weighted by atomic mass is 10.4. The van der Waals surface area contributed by atoms with Gasteiger partial charge in [0, 0.05) is 13.1 Å². The molecule has 0 aromatic rings. The minimum absolute atomic E-state index is 0.755. The summed E-state index contributed by atoms with van der Waals surface area (Å²) in [6.07, 6.45) is 0.634. The number of aliphatic hydroxyl groups is 2. The van der Waals surface area contributed by atoms with E-state index < -0.39 is 6.41 Å². The molecule has 0 aliphatic carbocycles. The number of aliphatic hydroxyl groups excluding tert-OH is 1. The second-order valence-electron chi connectivity index (χ2n) is 2.38. The van der Waals surface area contributed by atoms with Crippen LogP contribution in [-0.2, 0) is 0 Å². The number of nitrogens with zero attached hydrogens (tertiary/aromatic N) is 1. The molecule has 0 heterocycles. The van der Waals surface area contributed by atoms with Crippen LogP contribution in [0.5, 0.6) is 0 Å². The summed E-state index contributed by atoms with van der Waals surface area (Å²) in [4.78, 5) is 1.64. The van der Waals surface area contributed by atoms with E-state index in [9.17, 15) is 0 Å². The molecule has 0 saturated carbocycles. The van der Waals surface area contributed by atoms with Crippen LogP contribution in [0.1, 0.15) is 26.7 Å². The van der Waals surface area contributed by atoms with Gasteiger partial charge < -0.3 is 10.2 Å². The van der Waals surface area contributed by atoms with Crippen LogP contribution in [0.2, 0.25) is 0 Å². The summed E-state index contributed by atoms with van der Waals surface area (Å²) < 4.78 is 0. The fourth-order valence-corrected chi connectivity index (χ4v) is 0.917. The van der Waals surface area contributed by atoms with Gasteiger partial charge in [-0.15, -0.1) is 0 Å². The molecular formula is C7H17NO2. The minimum atomic E-state index is -1.28.